The Bertz CT molecular complexity index is 421. The van der Waals surface area contributed by atoms with E-state index in [1.54, 1.807) is 0 Å². The summed E-state index contributed by atoms with van der Waals surface area (Å²) in [6.45, 7) is 5.68. The Morgan fingerprint density at radius 1 is 1.30 bits per heavy atom. The number of halogens is 1. The number of likely N-dealkylation sites (tertiary alicyclic amines) is 1. The summed E-state index contributed by atoms with van der Waals surface area (Å²) in [6, 6.07) is 9.78. The molecule has 0 amide bonds. The average molecular weight is 339 g/mol. The fourth-order valence-electron chi connectivity index (χ4n) is 3.42. The van der Waals surface area contributed by atoms with Crippen LogP contribution in [0.4, 0.5) is 0 Å². The van der Waals surface area contributed by atoms with E-state index < -0.39 is 0 Å². The third-order valence-corrected chi connectivity index (χ3v) is 5.32. The Hall–Kier alpha value is -0.380. The van der Waals surface area contributed by atoms with E-state index in [1.165, 1.54) is 42.3 Å². The summed E-state index contributed by atoms with van der Waals surface area (Å²) in [5, 5.41) is 0. The Morgan fingerprint density at radius 3 is 2.70 bits per heavy atom. The molecule has 1 aromatic rings. The van der Waals surface area contributed by atoms with Gasteiger partial charge in [0.2, 0.25) is 0 Å². The van der Waals surface area contributed by atoms with E-state index in [0.717, 1.165) is 6.42 Å². The van der Waals surface area contributed by atoms with Crippen molar-refractivity contribution in [3.63, 3.8) is 0 Å². The first kappa shape index (κ1) is 16.0. The van der Waals surface area contributed by atoms with Gasteiger partial charge in [0.25, 0.3) is 0 Å². The van der Waals surface area contributed by atoms with Crippen molar-refractivity contribution in [2.45, 2.75) is 64.1 Å². The van der Waals surface area contributed by atoms with Crippen LogP contribution in [0.2, 0.25) is 0 Å². The monoisotopic (exact) mass is 338 g/mol. The molecule has 2 nitrogen and oxygen atoms in total. The third kappa shape index (κ3) is 3.44. The molecular formula is C17H27BrN2. The molecule has 0 aromatic heterocycles. The summed E-state index contributed by atoms with van der Waals surface area (Å²) >= 11 is 3.72. The Balaban J connectivity index is 2.34. The molecular weight excluding hydrogens is 312 g/mol. The van der Waals surface area contributed by atoms with E-state index >= 15 is 0 Å². The molecule has 0 saturated carbocycles. The largest absolute Gasteiger partial charge is 0.326 e. The highest BCUT2D eigenvalue weighted by molar-refractivity contribution is 9.10. The van der Waals surface area contributed by atoms with Crippen molar-refractivity contribution in [2.24, 2.45) is 5.73 Å². The lowest BCUT2D eigenvalue weighted by atomic mass is 9.90. The van der Waals surface area contributed by atoms with Crippen LogP contribution in [-0.4, -0.2) is 23.5 Å². The molecule has 2 rings (SSSR count). The second kappa shape index (κ2) is 7.58. The van der Waals surface area contributed by atoms with Crippen molar-refractivity contribution in [2.75, 3.05) is 6.54 Å². The lowest BCUT2D eigenvalue weighted by Gasteiger charge is -2.43. The van der Waals surface area contributed by atoms with Gasteiger partial charge in [-0.05, 0) is 43.9 Å². The molecule has 0 aliphatic carbocycles. The van der Waals surface area contributed by atoms with Crippen molar-refractivity contribution in [3.8, 4) is 0 Å². The second-order valence-electron chi connectivity index (χ2n) is 5.83. The van der Waals surface area contributed by atoms with Crippen LogP contribution in [0.5, 0.6) is 0 Å². The maximum absolute atomic E-state index is 6.50. The minimum Gasteiger partial charge on any atom is -0.326 e. The standard InChI is InChI=1S/C17H27BrN2/c1-3-13-9-7-8-12-20(13)17(16(19)4-2)14-10-5-6-11-15(14)18/h5-6,10-11,13,16-17H,3-4,7-9,12,19H2,1-2H3. The van der Waals surface area contributed by atoms with Gasteiger partial charge in [-0.2, -0.15) is 0 Å². The summed E-state index contributed by atoms with van der Waals surface area (Å²) in [5.41, 5.74) is 7.85. The number of piperidine rings is 1. The van der Waals surface area contributed by atoms with Gasteiger partial charge in [0.15, 0.2) is 0 Å². The predicted molar refractivity (Wildman–Crippen MR) is 89.8 cm³/mol. The molecule has 112 valence electrons. The SMILES string of the molecule is CCC(N)C(c1ccccc1Br)N1CCCCC1CC. The smallest absolute Gasteiger partial charge is 0.0513 e. The number of benzene rings is 1. The summed E-state index contributed by atoms with van der Waals surface area (Å²) in [7, 11) is 0. The van der Waals surface area contributed by atoms with Crippen LogP contribution in [0.3, 0.4) is 0 Å². The van der Waals surface area contributed by atoms with E-state index in [2.05, 4.69) is 58.9 Å². The van der Waals surface area contributed by atoms with Crippen molar-refractivity contribution in [1.82, 2.24) is 4.90 Å². The van der Waals surface area contributed by atoms with Crippen LogP contribution in [-0.2, 0) is 0 Å². The highest BCUT2D eigenvalue weighted by atomic mass is 79.9. The molecule has 20 heavy (non-hydrogen) atoms. The molecule has 1 aliphatic rings. The van der Waals surface area contributed by atoms with Gasteiger partial charge < -0.3 is 5.73 Å². The molecule has 0 bridgehead atoms. The molecule has 3 atom stereocenters. The van der Waals surface area contributed by atoms with Crippen LogP contribution in [0.25, 0.3) is 0 Å². The summed E-state index contributed by atoms with van der Waals surface area (Å²) in [6.07, 6.45) is 6.21. The summed E-state index contributed by atoms with van der Waals surface area (Å²) in [4.78, 5) is 2.66. The van der Waals surface area contributed by atoms with Crippen LogP contribution in [0, 0.1) is 0 Å². The number of hydrogen-bond donors (Lipinski definition) is 1. The maximum atomic E-state index is 6.50. The van der Waals surface area contributed by atoms with Gasteiger partial charge in [0.05, 0.1) is 6.04 Å². The molecule has 3 heteroatoms. The van der Waals surface area contributed by atoms with Crippen LogP contribution in [0.15, 0.2) is 28.7 Å². The fourth-order valence-corrected chi connectivity index (χ4v) is 3.94. The molecule has 2 N–H and O–H groups in total. The van der Waals surface area contributed by atoms with Gasteiger partial charge in [0.1, 0.15) is 0 Å². The van der Waals surface area contributed by atoms with Crippen LogP contribution >= 0.6 is 15.9 Å². The van der Waals surface area contributed by atoms with Gasteiger partial charge in [-0.3, -0.25) is 4.90 Å². The lowest BCUT2D eigenvalue weighted by molar-refractivity contribution is 0.0754. The Labute approximate surface area is 131 Å². The maximum Gasteiger partial charge on any atom is 0.0513 e. The average Bonchev–Trinajstić information content (AvgIpc) is 2.49. The highest BCUT2D eigenvalue weighted by Crippen LogP contribution is 2.35. The number of nitrogens with zero attached hydrogens (tertiary/aromatic N) is 1. The lowest BCUT2D eigenvalue weighted by Crippen LogP contribution is -2.48. The van der Waals surface area contributed by atoms with Crippen molar-refractivity contribution < 1.29 is 0 Å². The van der Waals surface area contributed by atoms with Gasteiger partial charge in [-0.15, -0.1) is 0 Å². The third-order valence-electron chi connectivity index (χ3n) is 4.60. The molecule has 1 aromatic carbocycles. The van der Waals surface area contributed by atoms with E-state index in [1.807, 2.05) is 0 Å². The van der Waals surface area contributed by atoms with Gasteiger partial charge in [-0.25, -0.2) is 0 Å². The fraction of sp³-hybridized carbons (Fsp3) is 0.647. The minimum atomic E-state index is 0.195. The van der Waals surface area contributed by atoms with E-state index in [0.29, 0.717) is 12.1 Å². The second-order valence-corrected chi connectivity index (χ2v) is 6.69. The van der Waals surface area contributed by atoms with Crippen molar-refractivity contribution >= 4 is 15.9 Å². The number of nitrogens with two attached hydrogens (primary N) is 1. The first-order valence-electron chi connectivity index (χ1n) is 7.94. The molecule has 1 saturated heterocycles. The van der Waals surface area contributed by atoms with Crippen molar-refractivity contribution in [3.05, 3.63) is 34.3 Å². The van der Waals surface area contributed by atoms with Gasteiger partial charge in [0, 0.05) is 16.6 Å². The quantitative estimate of drug-likeness (QED) is 0.856. The van der Waals surface area contributed by atoms with Gasteiger partial charge >= 0.3 is 0 Å². The normalized spacial score (nSPS) is 23.5. The Morgan fingerprint density at radius 2 is 2.05 bits per heavy atom. The first-order valence-corrected chi connectivity index (χ1v) is 8.74. The molecule has 1 aliphatic heterocycles. The van der Waals surface area contributed by atoms with Crippen molar-refractivity contribution in [1.29, 1.82) is 0 Å². The molecule has 3 unspecified atom stereocenters. The molecule has 0 spiro atoms. The Kier molecular flexibility index (Phi) is 6.06. The van der Waals surface area contributed by atoms with E-state index in [4.69, 9.17) is 5.73 Å². The summed E-state index contributed by atoms with van der Waals surface area (Å²) in [5.74, 6) is 0. The van der Waals surface area contributed by atoms with Crippen LogP contribution < -0.4 is 5.73 Å². The zero-order valence-corrected chi connectivity index (χ0v) is 14.3. The van der Waals surface area contributed by atoms with E-state index in [9.17, 15) is 0 Å². The zero-order valence-electron chi connectivity index (χ0n) is 12.7. The number of hydrogen-bond acceptors (Lipinski definition) is 2. The highest BCUT2D eigenvalue weighted by Gasteiger charge is 2.32. The zero-order chi connectivity index (χ0) is 14.5. The molecule has 1 heterocycles. The van der Waals surface area contributed by atoms with E-state index in [-0.39, 0.29) is 6.04 Å². The van der Waals surface area contributed by atoms with Crippen LogP contribution in [0.1, 0.15) is 57.6 Å². The number of rotatable bonds is 5. The topological polar surface area (TPSA) is 29.3 Å². The molecule has 1 fully saturated rings. The minimum absolute atomic E-state index is 0.195. The molecule has 0 radical (unpaired) electrons. The first-order chi connectivity index (χ1) is 9.69. The predicted octanol–water partition coefficient (Wildman–Crippen LogP) is 4.49. The van der Waals surface area contributed by atoms with Gasteiger partial charge in [-0.1, -0.05) is 54.4 Å². The summed E-state index contributed by atoms with van der Waals surface area (Å²) < 4.78 is 1.19.